The first-order chi connectivity index (χ1) is 9.25. The smallest absolute Gasteiger partial charge is 0.272 e. The first kappa shape index (κ1) is 12.1. The van der Waals surface area contributed by atoms with Gasteiger partial charge in [0.25, 0.3) is 5.91 Å². The Morgan fingerprint density at radius 3 is 3.21 bits per heavy atom. The van der Waals surface area contributed by atoms with Crippen LogP contribution in [0.1, 0.15) is 10.5 Å². The molecular formula is C13H15N3O3. The SMILES string of the molecule is O=C(c1cccc2ccnn12)N1CCOC[C@@H](O)C1. The molecule has 100 valence electrons. The molecule has 3 heterocycles. The molecule has 1 aliphatic rings. The van der Waals surface area contributed by atoms with Crippen LogP contribution in [0.4, 0.5) is 0 Å². The lowest BCUT2D eigenvalue weighted by molar-refractivity contribution is 0.0532. The molecule has 0 saturated carbocycles. The number of ether oxygens (including phenoxy) is 1. The number of aliphatic hydroxyl groups is 1. The number of pyridine rings is 1. The first-order valence-corrected chi connectivity index (χ1v) is 6.23. The van der Waals surface area contributed by atoms with E-state index in [0.717, 1.165) is 5.52 Å². The molecule has 1 N–H and O–H groups in total. The molecule has 6 heteroatoms. The number of fused-ring (bicyclic) bond motifs is 1. The summed E-state index contributed by atoms with van der Waals surface area (Å²) in [5.41, 5.74) is 1.37. The van der Waals surface area contributed by atoms with Gasteiger partial charge in [0.2, 0.25) is 0 Å². The highest BCUT2D eigenvalue weighted by atomic mass is 16.5. The Balaban J connectivity index is 1.92. The van der Waals surface area contributed by atoms with Crippen molar-refractivity contribution in [2.75, 3.05) is 26.3 Å². The molecule has 1 fully saturated rings. The zero-order valence-corrected chi connectivity index (χ0v) is 10.4. The number of carbonyl (C=O) groups is 1. The minimum atomic E-state index is -0.636. The Bertz CT molecular complexity index is 596. The van der Waals surface area contributed by atoms with Crippen molar-refractivity contribution in [3.63, 3.8) is 0 Å². The highest BCUT2D eigenvalue weighted by Gasteiger charge is 2.23. The summed E-state index contributed by atoms with van der Waals surface area (Å²) in [6.07, 6.45) is 1.02. The van der Waals surface area contributed by atoms with Gasteiger partial charge in [-0.05, 0) is 18.2 Å². The summed E-state index contributed by atoms with van der Waals surface area (Å²) < 4.78 is 6.84. The Kier molecular flexibility index (Phi) is 3.18. The first-order valence-electron chi connectivity index (χ1n) is 6.23. The van der Waals surface area contributed by atoms with Gasteiger partial charge in [0.05, 0.1) is 31.0 Å². The second-order valence-electron chi connectivity index (χ2n) is 4.56. The van der Waals surface area contributed by atoms with E-state index < -0.39 is 6.10 Å². The van der Waals surface area contributed by atoms with Crippen molar-refractivity contribution in [2.45, 2.75) is 6.10 Å². The molecule has 1 amide bonds. The lowest BCUT2D eigenvalue weighted by atomic mass is 10.2. The van der Waals surface area contributed by atoms with Crippen LogP contribution in [0.2, 0.25) is 0 Å². The van der Waals surface area contributed by atoms with Gasteiger partial charge in [-0.2, -0.15) is 5.10 Å². The van der Waals surface area contributed by atoms with Gasteiger partial charge in [0.1, 0.15) is 5.69 Å². The van der Waals surface area contributed by atoms with Gasteiger partial charge < -0.3 is 14.7 Å². The van der Waals surface area contributed by atoms with E-state index in [9.17, 15) is 9.90 Å². The quantitative estimate of drug-likeness (QED) is 0.794. The zero-order valence-electron chi connectivity index (χ0n) is 10.4. The number of amides is 1. The fourth-order valence-corrected chi connectivity index (χ4v) is 2.25. The van der Waals surface area contributed by atoms with E-state index in [1.807, 2.05) is 18.2 Å². The van der Waals surface area contributed by atoms with E-state index in [4.69, 9.17) is 4.74 Å². The van der Waals surface area contributed by atoms with E-state index in [0.29, 0.717) is 18.8 Å². The van der Waals surface area contributed by atoms with Crippen LogP contribution in [-0.2, 0) is 4.74 Å². The monoisotopic (exact) mass is 261 g/mol. The second kappa shape index (κ2) is 4.99. The van der Waals surface area contributed by atoms with Crippen molar-refractivity contribution in [3.8, 4) is 0 Å². The van der Waals surface area contributed by atoms with E-state index in [1.165, 1.54) is 0 Å². The lowest BCUT2D eigenvalue weighted by Crippen LogP contribution is -2.38. The number of hydrogen-bond acceptors (Lipinski definition) is 4. The predicted molar refractivity (Wildman–Crippen MR) is 67.9 cm³/mol. The average molecular weight is 261 g/mol. The van der Waals surface area contributed by atoms with Crippen LogP contribution in [0.25, 0.3) is 5.52 Å². The van der Waals surface area contributed by atoms with E-state index in [2.05, 4.69) is 5.10 Å². The number of rotatable bonds is 1. The third-order valence-electron chi connectivity index (χ3n) is 3.17. The van der Waals surface area contributed by atoms with Gasteiger partial charge in [-0.25, -0.2) is 4.52 Å². The molecule has 0 bridgehead atoms. The Labute approximate surface area is 110 Å². The Morgan fingerprint density at radius 1 is 1.42 bits per heavy atom. The normalized spacial score (nSPS) is 20.5. The van der Waals surface area contributed by atoms with Crippen LogP contribution in [0.5, 0.6) is 0 Å². The summed E-state index contributed by atoms with van der Waals surface area (Å²) in [4.78, 5) is 14.1. The van der Waals surface area contributed by atoms with Gasteiger partial charge >= 0.3 is 0 Å². The van der Waals surface area contributed by atoms with Crippen LogP contribution in [0.3, 0.4) is 0 Å². The van der Waals surface area contributed by atoms with Gasteiger partial charge in [-0.3, -0.25) is 4.79 Å². The fraction of sp³-hybridized carbons (Fsp3) is 0.385. The van der Waals surface area contributed by atoms with Gasteiger partial charge in [0, 0.05) is 13.1 Å². The highest BCUT2D eigenvalue weighted by molar-refractivity contribution is 5.93. The maximum absolute atomic E-state index is 12.5. The van der Waals surface area contributed by atoms with E-state index in [1.54, 1.807) is 21.7 Å². The number of aromatic nitrogens is 2. The Morgan fingerprint density at radius 2 is 2.32 bits per heavy atom. The van der Waals surface area contributed by atoms with Crippen molar-refractivity contribution in [3.05, 3.63) is 36.2 Å². The fourth-order valence-electron chi connectivity index (χ4n) is 2.25. The molecule has 3 rings (SSSR count). The summed E-state index contributed by atoms with van der Waals surface area (Å²) in [7, 11) is 0. The summed E-state index contributed by atoms with van der Waals surface area (Å²) >= 11 is 0. The molecule has 2 aromatic heterocycles. The summed E-state index contributed by atoms with van der Waals surface area (Å²) in [6.45, 7) is 1.48. The molecule has 1 atom stereocenters. The van der Waals surface area contributed by atoms with Crippen LogP contribution in [-0.4, -0.2) is 57.9 Å². The molecule has 0 aromatic carbocycles. The molecule has 1 saturated heterocycles. The van der Waals surface area contributed by atoms with Gasteiger partial charge in [0.15, 0.2) is 0 Å². The number of hydrogen-bond donors (Lipinski definition) is 1. The van der Waals surface area contributed by atoms with Crippen molar-refractivity contribution >= 4 is 11.4 Å². The summed E-state index contributed by atoms with van der Waals surface area (Å²) in [5, 5.41) is 13.8. The average Bonchev–Trinajstić information content (AvgIpc) is 2.79. The van der Waals surface area contributed by atoms with Gasteiger partial charge in [-0.1, -0.05) is 6.07 Å². The van der Waals surface area contributed by atoms with E-state index in [-0.39, 0.29) is 19.1 Å². The maximum atomic E-state index is 12.5. The molecule has 6 nitrogen and oxygen atoms in total. The number of β-amino-alcohol motifs (C(OH)–C–C–N with tert-alkyl or cyclic N) is 1. The minimum absolute atomic E-state index is 0.140. The molecule has 19 heavy (non-hydrogen) atoms. The molecule has 0 radical (unpaired) electrons. The molecule has 0 aliphatic carbocycles. The lowest BCUT2D eigenvalue weighted by Gasteiger charge is -2.21. The van der Waals surface area contributed by atoms with Crippen LogP contribution in [0.15, 0.2) is 30.5 Å². The maximum Gasteiger partial charge on any atom is 0.272 e. The summed E-state index contributed by atoms with van der Waals surface area (Å²) in [6, 6.07) is 7.30. The topological polar surface area (TPSA) is 67.1 Å². The van der Waals surface area contributed by atoms with Crippen LogP contribution < -0.4 is 0 Å². The molecule has 0 unspecified atom stereocenters. The van der Waals surface area contributed by atoms with Crippen LogP contribution >= 0.6 is 0 Å². The number of carbonyl (C=O) groups excluding carboxylic acids is 1. The molecular weight excluding hydrogens is 246 g/mol. The largest absolute Gasteiger partial charge is 0.389 e. The number of nitrogens with zero attached hydrogens (tertiary/aromatic N) is 3. The third kappa shape index (κ3) is 2.32. The Hall–Kier alpha value is -1.92. The van der Waals surface area contributed by atoms with Gasteiger partial charge in [-0.15, -0.1) is 0 Å². The molecule has 1 aliphatic heterocycles. The van der Waals surface area contributed by atoms with E-state index >= 15 is 0 Å². The van der Waals surface area contributed by atoms with Crippen molar-refractivity contribution in [2.24, 2.45) is 0 Å². The second-order valence-corrected chi connectivity index (χ2v) is 4.56. The minimum Gasteiger partial charge on any atom is -0.389 e. The number of aliphatic hydroxyl groups excluding tert-OH is 1. The van der Waals surface area contributed by atoms with Crippen molar-refractivity contribution < 1.29 is 14.6 Å². The highest BCUT2D eigenvalue weighted by Crippen LogP contribution is 2.11. The standard InChI is InChI=1S/C13H15N3O3/c17-11-8-15(6-7-19-9-11)13(18)12-3-1-2-10-4-5-14-16(10)12/h1-5,11,17H,6-9H2/t11-/m0/s1. The van der Waals surface area contributed by atoms with Crippen LogP contribution in [0, 0.1) is 0 Å². The van der Waals surface area contributed by atoms with Crippen molar-refractivity contribution in [1.29, 1.82) is 0 Å². The predicted octanol–water partition coefficient (Wildman–Crippen LogP) is 0.168. The molecule has 0 spiro atoms. The van der Waals surface area contributed by atoms with Crippen molar-refractivity contribution in [1.82, 2.24) is 14.5 Å². The zero-order chi connectivity index (χ0) is 13.2. The molecule has 2 aromatic rings. The summed E-state index contributed by atoms with van der Waals surface area (Å²) in [5.74, 6) is -0.140. The third-order valence-corrected chi connectivity index (χ3v) is 3.17.